The van der Waals surface area contributed by atoms with Crippen LogP contribution in [-0.2, 0) is 26.2 Å². The summed E-state index contributed by atoms with van der Waals surface area (Å²) in [5.74, 6) is -0.507. The second kappa shape index (κ2) is 9.88. The van der Waals surface area contributed by atoms with Crippen LogP contribution in [-0.4, -0.2) is 42.3 Å². The highest BCUT2D eigenvalue weighted by molar-refractivity contribution is 7.89. The number of sulfonamides is 1. The smallest absolute Gasteiger partial charge is 0.264 e. The highest BCUT2D eigenvalue weighted by Crippen LogP contribution is 2.33. The van der Waals surface area contributed by atoms with Crippen LogP contribution in [0.2, 0.25) is 5.02 Å². The summed E-state index contributed by atoms with van der Waals surface area (Å²) in [7, 11) is -4.15. The van der Waals surface area contributed by atoms with E-state index in [1.807, 2.05) is 0 Å². The fraction of sp³-hybridized carbons (Fsp3) is 0.333. The Balaban J connectivity index is 1.56. The van der Waals surface area contributed by atoms with Crippen LogP contribution in [0, 0.1) is 13.8 Å². The Morgan fingerprint density at radius 2 is 2.03 bits per heavy atom. The molecule has 2 amide bonds. The molecule has 0 aromatic heterocycles. The third kappa shape index (κ3) is 5.00. The number of aliphatic hydroxyl groups excluding tert-OH is 1. The van der Waals surface area contributed by atoms with Crippen molar-refractivity contribution >= 4 is 33.4 Å². The van der Waals surface area contributed by atoms with Gasteiger partial charge < -0.3 is 20.5 Å². The number of halogens is 1. The number of amides is 2. The molecule has 0 fully saturated rings. The molecule has 0 saturated carbocycles. The van der Waals surface area contributed by atoms with Crippen molar-refractivity contribution in [2.24, 2.45) is 0 Å². The maximum Gasteiger partial charge on any atom is 0.264 e. The standard InChI is InChI=1S/C24H26ClN3O6S/c1-14-10-22(15(2)9-18(14)25)35(32,33)28-7-6-26-24(31)20(28)12-23(30)27-19-5-8-34-21-11-16(13-29)3-4-17(19)21/h3-4,6-7,9-11,19-20,29H,5,8,12-13H2,1-2H3,(H,26,31)(H,27,30)/t19-,20-/m1/s1. The van der Waals surface area contributed by atoms with Gasteiger partial charge in [0.2, 0.25) is 11.8 Å². The number of fused-ring (bicyclic) bond motifs is 1. The van der Waals surface area contributed by atoms with E-state index in [9.17, 15) is 23.1 Å². The Kier molecular flexibility index (Phi) is 7.07. The van der Waals surface area contributed by atoms with E-state index in [1.54, 1.807) is 38.1 Å². The van der Waals surface area contributed by atoms with Crippen LogP contribution in [0.15, 0.2) is 47.6 Å². The first-order valence-electron chi connectivity index (χ1n) is 11.0. The van der Waals surface area contributed by atoms with Crippen LogP contribution in [0.5, 0.6) is 5.75 Å². The van der Waals surface area contributed by atoms with Crippen LogP contribution in [0.25, 0.3) is 0 Å². The maximum absolute atomic E-state index is 13.5. The number of ether oxygens (including phenoxy) is 1. The third-order valence-electron chi connectivity index (χ3n) is 6.08. The number of benzene rings is 2. The van der Waals surface area contributed by atoms with Crippen LogP contribution < -0.4 is 15.4 Å². The molecule has 2 aliphatic heterocycles. The molecule has 0 radical (unpaired) electrons. The minimum Gasteiger partial charge on any atom is -0.493 e. The van der Waals surface area contributed by atoms with E-state index in [1.165, 1.54) is 18.5 Å². The van der Waals surface area contributed by atoms with E-state index in [0.29, 0.717) is 40.5 Å². The number of aliphatic hydroxyl groups is 1. The van der Waals surface area contributed by atoms with Crippen molar-refractivity contribution in [1.82, 2.24) is 14.9 Å². The zero-order valence-electron chi connectivity index (χ0n) is 19.2. The minimum absolute atomic E-state index is 0.0159. The monoisotopic (exact) mass is 519 g/mol. The lowest BCUT2D eigenvalue weighted by atomic mass is 9.98. The lowest BCUT2D eigenvalue weighted by molar-refractivity contribution is -0.129. The molecule has 0 aliphatic carbocycles. The summed E-state index contributed by atoms with van der Waals surface area (Å²) in [6, 6.07) is 6.63. The van der Waals surface area contributed by atoms with Crippen LogP contribution in [0.3, 0.4) is 0 Å². The molecule has 2 aromatic rings. The molecule has 2 heterocycles. The van der Waals surface area contributed by atoms with E-state index in [2.05, 4.69) is 10.6 Å². The molecule has 9 nitrogen and oxygen atoms in total. The van der Waals surface area contributed by atoms with E-state index < -0.39 is 27.9 Å². The second-order valence-corrected chi connectivity index (χ2v) is 10.8. The number of rotatable bonds is 6. The molecule has 0 bridgehead atoms. The molecule has 2 aromatic carbocycles. The Morgan fingerprint density at radius 3 is 2.77 bits per heavy atom. The van der Waals surface area contributed by atoms with E-state index >= 15 is 0 Å². The van der Waals surface area contributed by atoms with Crippen molar-refractivity contribution in [2.45, 2.75) is 50.3 Å². The van der Waals surface area contributed by atoms with Gasteiger partial charge in [0, 0.05) is 29.4 Å². The van der Waals surface area contributed by atoms with Crippen molar-refractivity contribution in [3.63, 3.8) is 0 Å². The first-order chi connectivity index (χ1) is 16.6. The first-order valence-corrected chi connectivity index (χ1v) is 12.9. The Hall–Kier alpha value is -3.08. The molecule has 11 heteroatoms. The SMILES string of the molecule is Cc1cc(S(=O)(=O)N2C=CNC(=O)[C@H]2CC(=O)N[C@@H]2CCOc3cc(CO)ccc32)c(C)cc1Cl. The molecule has 4 rings (SSSR count). The summed E-state index contributed by atoms with van der Waals surface area (Å²) in [6.45, 7) is 3.56. The van der Waals surface area contributed by atoms with E-state index in [4.69, 9.17) is 16.3 Å². The Labute approximate surface area is 208 Å². The van der Waals surface area contributed by atoms with Crippen molar-refractivity contribution < 1.29 is 27.9 Å². The Bertz CT molecular complexity index is 1310. The summed E-state index contributed by atoms with van der Waals surface area (Å²) in [6.07, 6.45) is 2.62. The fourth-order valence-corrected chi connectivity index (χ4v) is 6.16. The summed E-state index contributed by atoms with van der Waals surface area (Å²) in [5, 5.41) is 15.2. The van der Waals surface area contributed by atoms with Crippen molar-refractivity contribution in [3.05, 3.63) is 70.0 Å². The number of nitrogens with one attached hydrogen (secondary N) is 2. The van der Waals surface area contributed by atoms with Crippen molar-refractivity contribution in [2.75, 3.05) is 6.61 Å². The van der Waals surface area contributed by atoms with Gasteiger partial charge in [0.05, 0.1) is 30.6 Å². The number of nitrogens with zero attached hydrogens (tertiary/aromatic N) is 1. The van der Waals surface area contributed by atoms with E-state index in [0.717, 1.165) is 9.87 Å². The fourth-order valence-electron chi connectivity index (χ4n) is 4.20. The van der Waals surface area contributed by atoms with Crippen molar-refractivity contribution in [3.8, 4) is 5.75 Å². The van der Waals surface area contributed by atoms with Gasteiger partial charge in [-0.1, -0.05) is 23.7 Å². The number of carbonyl (C=O) groups excluding carboxylic acids is 2. The summed E-state index contributed by atoms with van der Waals surface area (Å²) in [4.78, 5) is 25.7. The van der Waals surface area contributed by atoms with E-state index in [-0.39, 0.29) is 24.0 Å². The van der Waals surface area contributed by atoms with Gasteiger partial charge in [0.1, 0.15) is 11.8 Å². The van der Waals surface area contributed by atoms with Gasteiger partial charge in [-0.05, 0) is 48.7 Å². The molecule has 0 saturated heterocycles. The van der Waals surface area contributed by atoms with Crippen LogP contribution in [0.1, 0.15) is 41.1 Å². The van der Waals surface area contributed by atoms with Crippen molar-refractivity contribution in [1.29, 1.82) is 0 Å². The predicted molar refractivity (Wildman–Crippen MR) is 129 cm³/mol. The number of aryl methyl sites for hydroxylation is 2. The molecule has 3 N–H and O–H groups in total. The zero-order valence-corrected chi connectivity index (χ0v) is 20.8. The molecule has 35 heavy (non-hydrogen) atoms. The normalized spacial score (nSPS) is 19.5. The van der Waals surface area contributed by atoms with Gasteiger partial charge in [0.25, 0.3) is 10.0 Å². The lowest BCUT2D eigenvalue weighted by Gasteiger charge is -2.32. The minimum atomic E-state index is -4.15. The molecule has 0 unspecified atom stereocenters. The molecule has 2 atom stereocenters. The summed E-state index contributed by atoms with van der Waals surface area (Å²) >= 11 is 6.13. The largest absolute Gasteiger partial charge is 0.493 e. The maximum atomic E-state index is 13.5. The molecule has 2 aliphatic rings. The third-order valence-corrected chi connectivity index (χ3v) is 8.42. The molecular weight excluding hydrogens is 494 g/mol. The first kappa shape index (κ1) is 25.0. The van der Waals surface area contributed by atoms with Crippen LogP contribution in [0.4, 0.5) is 0 Å². The Morgan fingerprint density at radius 1 is 1.26 bits per heavy atom. The molecule has 0 spiro atoms. The second-order valence-electron chi connectivity index (χ2n) is 8.53. The lowest BCUT2D eigenvalue weighted by Crippen LogP contribution is -2.51. The number of carbonyl (C=O) groups is 2. The topological polar surface area (TPSA) is 125 Å². The summed E-state index contributed by atoms with van der Waals surface area (Å²) in [5.41, 5.74) is 2.46. The van der Waals surface area contributed by atoms with Gasteiger partial charge in [-0.15, -0.1) is 0 Å². The highest BCUT2D eigenvalue weighted by Gasteiger charge is 2.38. The average molecular weight is 520 g/mol. The molecular formula is C24H26ClN3O6S. The van der Waals surface area contributed by atoms with Gasteiger partial charge in [0.15, 0.2) is 0 Å². The van der Waals surface area contributed by atoms with Gasteiger partial charge in [-0.2, -0.15) is 0 Å². The number of hydrogen-bond donors (Lipinski definition) is 3. The highest BCUT2D eigenvalue weighted by atomic mass is 35.5. The molecule has 186 valence electrons. The van der Waals surface area contributed by atoms with Crippen LogP contribution >= 0.6 is 11.6 Å². The zero-order chi connectivity index (χ0) is 25.3. The average Bonchev–Trinajstić information content (AvgIpc) is 2.82. The predicted octanol–water partition coefficient (Wildman–Crippen LogP) is 2.44. The van der Waals surface area contributed by atoms with Gasteiger partial charge >= 0.3 is 0 Å². The number of hydrogen-bond acceptors (Lipinski definition) is 6. The van der Waals surface area contributed by atoms with Gasteiger partial charge in [-0.3, -0.25) is 13.9 Å². The summed E-state index contributed by atoms with van der Waals surface area (Å²) < 4.78 is 33.6. The quantitative estimate of drug-likeness (QED) is 0.538. The van der Waals surface area contributed by atoms with Gasteiger partial charge in [-0.25, -0.2) is 8.42 Å².